The molecule has 0 aliphatic rings. The maximum atomic E-state index is 12.5. The van der Waals surface area contributed by atoms with E-state index in [9.17, 15) is 18.0 Å². The molecule has 8 heteroatoms. The van der Waals surface area contributed by atoms with Gasteiger partial charge >= 0.3 is 5.97 Å². The molecule has 0 amide bonds. The van der Waals surface area contributed by atoms with Crippen molar-refractivity contribution < 1.29 is 27.5 Å². The second-order valence-electron chi connectivity index (χ2n) is 6.23. The third-order valence-electron chi connectivity index (χ3n) is 3.93. The number of sulfonamides is 1. The normalized spacial score (nSPS) is 11.3. The Hall–Kier alpha value is -2.71. The van der Waals surface area contributed by atoms with E-state index >= 15 is 0 Å². The van der Waals surface area contributed by atoms with E-state index in [4.69, 9.17) is 9.47 Å². The number of ketones is 1. The molecule has 2 aromatic rings. The van der Waals surface area contributed by atoms with Crippen LogP contribution in [-0.2, 0) is 19.6 Å². The summed E-state index contributed by atoms with van der Waals surface area (Å²) in [6.07, 6.45) is 0. The zero-order valence-corrected chi connectivity index (χ0v) is 16.9. The molecule has 0 unspecified atom stereocenters. The first-order valence-corrected chi connectivity index (χ1v) is 10.1. The number of hydrogen-bond acceptors (Lipinski definition) is 6. The van der Waals surface area contributed by atoms with Gasteiger partial charge in [0.2, 0.25) is 10.0 Å². The third kappa shape index (κ3) is 5.90. The first-order chi connectivity index (χ1) is 13.2. The molecule has 0 N–H and O–H groups in total. The van der Waals surface area contributed by atoms with Gasteiger partial charge in [-0.1, -0.05) is 24.3 Å². The zero-order valence-electron chi connectivity index (χ0n) is 16.0. The van der Waals surface area contributed by atoms with Crippen molar-refractivity contribution in [3.63, 3.8) is 0 Å². The van der Waals surface area contributed by atoms with Crippen LogP contribution in [0, 0.1) is 6.92 Å². The second kappa shape index (κ2) is 9.48. The molecule has 2 rings (SSSR count). The predicted octanol–water partition coefficient (Wildman–Crippen LogP) is 2.44. The molecule has 0 fully saturated rings. The maximum absolute atomic E-state index is 12.5. The number of carbonyl (C=O) groups excluding carboxylic acids is 2. The van der Waals surface area contributed by atoms with E-state index in [0.717, 1.165) is 9.87 Å². The van der Waals surface area contributed by atoms with Gasteiger partial charge in [-0.25, -0.2) is 8.42 Å². The lowest BCUT2D eigenvalue weighted by Crippen LogP contribution is -2.33. The Kier molecular flexibility index (Phi) is 7.31. The Morgan fingerprint density at radius 1 is 1.04 bits per heavy atom. The van der Waals surface area contributed by atoms with Crippen LogP contribution in [0.15, 0.2) is 53.4 Å². The molecule has 0 bridgehead atoms. The largest absolute Gasteiger partial charge is 0.490 e. The molecule has 0 aliphatic heterocycles. The Balaban J connectivity index is 1.84. The monoisotopic (exact) mass is 405 g/mol. The van der Waals surface area contributed by atoms with Gasteiger partial charge in [0.25, 0.3) is 0 Å². The van der Waals surface area contributed by atoms with Crippen LogP contribution in [0.5, 0.6) is 5.75 Å². The minimum Gasteiger partial charge on any atom is -0.490 e. The van der Waals surface area contributed by atoms with Gasteiger partial charge < -0.3 is 9.47 Å². The van der Waals surface area contributed by atoms with Crippen molar-refractivity contribution in [2.24, 2.45) is 0 Å². The smallest absolute Gasteiger partial charge is 0.321 e. The van der Waals surface area contributed by atoms with Crippen molar-refractivity contribution in [1.82, 2.24) is 4.31 Å². The molecule has 0 spiro atoms. The summed E-state index contributed by atoms with van der Waals surface area (Å²) in [6.45, 7) is 3.08. The first kappa shape index (κ1) is 21.6. The molecule has 0 saturated carbocycles. The van der Waals surface area contributed by atoms with Gasteiger partial charge in [-0.2, -0.15) is 4.31 Å². The number of hydrogen-bond donors (Lipinski definition) is 0. The molecule has 28 heavy (non-hydrogen) atoms. The Labute approximate surface area is 164 Å². The summed E-state index contributed by atoms with van der Waals surface area (Å²) in [5.41, 5.74) is 1.47. The summed E-state index contributed by atoms with van der Waals surface area (Å²) in [6, 6.07) is 13.0. The maximum Gasteiger partial charge on any atom is 0.321 e. The average Bonchev–Trinajstić information content (AvgIpc) is 2.65. The highest BCUT2D eigenvalue weighted by Crippen LogP contribution is 2.16. The summed E-state index contributed by atoms with van der Waals surface area (Å²) in [5.74, 6) is -0.169. The minimum atomic E-state index is -3.86. The molecule has 0 aliphatic carbocycles. The standard InChI is InChI=1S/C20H23NO6S/c1-15-5-4-6-18(13-15)26-11-12-27-20(23)14-21(3)28(24,25)19-9-7-17(8-10-19)16(2)22/h4-10,13H,11-12,14H2,1-3H3. The molecule has 7 nitrogen and oxygen atoms in total. The van der Waals surface area contributed by atoms with Gasteiger partial charge in [0.1, 0.15) is 25.5 Å². The van der Waals surface area contributed by atoms with Gasteiger partial charge in [0.15, 0.2) is 5.78 Å². The van der Waals surface area contributed by atoms with Crippen molar-refractivity contribution in [3.05, 3.63) is 59.7 Å². The van der Waals surface area contributed by atoms with Crippen molar-refractivity contribution in [1.29, 1.82) is 0 Å². The Morgan fingerprint density at radius 3 is 2.32 bits per heavy atom. The summed E-state index contributed by atoms with van der Waals surface area (Å²) >= 11 is 0. The lowest BCUT2D eigenvalue weighted by molar-refractivity contribution is -0.144. The highest BCUT2D eigenvalue weighted by Gasteiger charge is 2.23. The third-order valence-corrected chi connectivity index (χ3v) is 5.74. The lowest BCUT2D eigenvalue weighted by atomic mass is 10.2. The van der Waals surface area contributed by atoms with Gasteiger partial charge in [-0.3, -0.25) is 9.59 Å². The van der Waals surface area contributed by atoms with E-state index in [-0.39, 0.29) is 23.9 Å². The fraction of sp³-hybridized carbons (Fsp3) is 0.300. The number of ether oxygens (including phenoxy) is 2. The Bertz CT molecular complexity index is 937. The number of nitrogens with zero attached hydrogens (tertiary/aromatic N) is 1. The molecule has 0 heterocycles. The van der Waals surface area contributed by atoms with E-state index in [0.29, 0.717) is 11.3 Å². The molecule has 0 atom stereocenters. The van der Waals surface area contributed by atoms with Gasteiger partial charge in [0, 0.05) is 12.6 Å². The number of aryl methyl sites for hydroxylation is 1. The summed E-state index contributed by atoms with van der Waals surface area (Å²) in [5, 5.41) is 0. The number of Topliss-reactive ketones (excluding diaryl/α,β-unsaturated/α-hetero) is 1. The molecular formula is C20H23NO6S. The van der Waals surface area contributed by atoms with Crippen LogP contribution in [-0.4, -0.2) is 51.3 Å². The second-order valence-corrected chi connectivity index (χ2v) is 8.27. The van der Waals surface area contributed by atoms with Crippen LogP contribution in [0.4, 0.5) is 0 Å². The van der Waals surface area contributed by atoms with Gasteiger partial charge in [-0.15, -0.1) is 0 Å². The number of esters is 1. The van der Waals surface area contributed by atoms with Gasteiger partial charge in [-0.05, 0) is 43.7 Å². The number of rotatable bonds is 9. The van der Waals surface area contributed by atoms with E-state index in [2.05, 4.69) is 0 Å². The van der Waals surface area contributed by atoms with Crippen LogP contribution in [0.2, 0.25) is 0 Å². The molecule has 150 valence electrons. The molecule has 0 aromatic heterocycles. The van der Waals surface area contributed by atoms with Crippen molar-refractivity contribution in [2.45, 2.75) is 18.7 Å². The van der Waals surface area contributed by atoms with E-state index in [1.165, 1.54) is 38.2 Å². The number of benzene rings is 2. The topological polar surface area (TPSA) is 90.0 Å². The lowest BCUT2D eigenvalue weighted by Gasteiger charge is -2.16. The molecule has 0 saturated heterocycles. The SMILES string of the molecule is CC(=O)c1ccc(S(=O)(=O)N(C)CC(=O)OCCOc2cccc(C)c2)cc1. The molecular weight excluding hydrogens is 382 g/mol. The van der Waals surface area contributed by atoms with Crippen LogP contribution in [0.1, 0.15) is 22.8 Å². The van der Waals surface area contributed by atoms with E-state index in [1.54, 1.807) is 6.07 Å². The quantitative estimate of drug-likeness (QED) is 0.362. The fourth-order valence-corrected chi connectivity index (χ4v) is 3.49. The minimum absolute atomic E-state index is 0.00409. The number of carbonyl (C=O) groups is 2. The van der Waals surface area contributed by atoms with Crippen molar-refractivity contribution in [3.8, 4) is 5.75 Å². The summed E-state index contributed by atoms with van der Waals surface area (Å²) < 4.78 is 36.4. The van der Waals surface area contributed by atoms with E-state index < -0.39 is 22.5 Å². The summed E-state index contributed by atoms with van der Waals surface area (Å²) in [7, 11) is -2.57. The van der Waals surface area contributed by atoms with Gasteiger partial charge in [0.05, 0.1) is 4.90 Å². The van der Waals surface area contributed by atoms with Crippen molar-refractivity contribution in [2.75, 3.05) is 26.8 Å². The fourth-order valence-electron chi connectivity index (χ4n) is 2.37. The van der Waals surface area contributed by atoms with Crippen LogP contribution in [0.3, 0.4) is 0 Å². The van der Waals surface area contributed by atoms with Crippen LogP contribution in [0.25, 0.3) is 0 Å². The van der Waals surface area contributed by atoms with Crippen LogP contribution >= 0.6 is 0 Å². The molecule has 2 aromatic carbocycles. The molecule has 0 radical (unpaired) electrons. The highest BCUT2D eigenvalue weighted by molar-refractivity contribution is 7.89. The first-order valence-electron chi connectivity index (χ1n) is 8.62. The van der Waals surface area contributed by atoms with Crippen molar-refractivity contribution >= 4 is 21.8 Å². The summed E-state index contributed by atoms with van der Waals surface area (Å²) in [4.78, 5) is 23.2. The zero-order chi connectivity index (χ0) is 20.7. The average molecular weight is 405 g/mol. The Morgan fingerprint density at radius 2 is 1.71 bits per heavy atom. The highest BCUT2D eigenvalue weighted by atomic mass is 32.2. The number of likely N-dealkylation sites (N-methyl/N-ethyl adjacent to an activating group) is 1. The van der Waals surface area contributed by atoms with E-state index in [1.807, 2.05) is 25.1 Å². The van der Waals surface area contributed by atoms with Crippen LogP contribution < -0.4 is 4.74 Å². The predicted molar refractivity (Wildman–Crippen MR) is 104 cm³/mol.